The number of benzene rings is 1. The molecule has 0 aliphatic heterocycles. The molecule has 0 fully saturated rings. The predicted molar refractivity (Wildman–Crippen MR) is 75.6 cm³/mol. The number of fused-ring (bicyclic) bond motifs is 1. The summed E-state index contributed by atoms with van der Waals surface area (Å²) in [6, 6.07) is 8.19. The molecule has 0 bridgehead atoms. The van der Waals surface area contributed by atoms with Crippen molar-refractivity contribution in [2.75, 3.05) is 0 Å². The number of nitrogens with zero attached hydrogens (tertiary/aromatic N) is 4. The number of H-pyrrole nitrogens is 1. The molecule has 20 heavy (non-hydrogen) atoms. The third-order valence-electron chi connectivity index (χ3n) is 3.39. The van der Waals surface area contributed by atoms with Gasteiger partial charge >= 0.3 is 0 Å². The number of aromatic amines is 1. The average Bonchev–Trinajstić information content (AvgIpc) is 2.96. The second-order valence-corrected chi connectivity index (χ2v) is 4.58. The van der Waals surface area contributed by atoms with E-state index in [9.17, 15) is 0 Å². The van der Waals surface area contributed by atoms with Gasteiger partial charge in [0.15, 0.2) is 11.0 Å². The normalized spacial score (nSPS) is 11.1. The van der Waals surface area contributed by atoms with Crippen LogP contribution in [0.2, 0.25) is 0 Å². The monoisotopic (exact) mass is 268 g/mol. The van der Waals surface area contributed by atoms with Crippen molar-refractivity contribution in [2.45, 2.75) is 26.7 Å². The van der Waals surface area contributed by atoms with E-state index in [4.69, 9.17) is 5.41 Å². The van der Waals surface area contributed by atoms with Gasteiger partial charge in [-0.3, -0.25) is 9.98 Å². The molecule has 0 aliphatic rings. The second-order valence-electron chi connectivity index (χ2n) is 4.58. The smallest absolute Gasteiger partial charge is 0.207 e. The van der Waals surface area contributed by atoms with E-state index < -0.39 is 0 Å². The van der Waals surface area contributed by atoms with Crippen LogP contribution >= 0.6 is 0 Å². The van der Waals surface area contributed by atoms with E-state index in [-0.39, 0.29) is 0 Å². The summed E-state index contributed by atoms with van der Waals surface area (Å²) in [4.78, 5) is 4.47. The predicted octanol–water partition coefficient (Wildman–Crippen LogP) is 1.75. The molecule has 6 nitrogen and oxygen atoms in total. The van der Waals surface area contributed by atoms with Crippen LogP contribution in [0.5, 0.6) is 0 Å². The van der Waals surface area contributed by atoms with E-state index in [0.29, 0.717) is 16.7 Å². The Labute approximate surface area is 116 Å². The van der Waals surface area contributed by atoms with Gasteiger partial charge in [-0.2, -0.15) is 10.3 Å². The third kappa shape index (κ3) is 1.89. The number of aryl methyl sites for hydroxylation is 2. The summed E-state index contributed by atoms with van der Waals surface area (Å²) in [5.74, 6) is 0.806. The maximum Gasteiger partial charge on any atom is 0.207 e. The molecular formula is C14H16N6. The van der Waals surface area contributed by atoms with Crippen molar-refractivity contribution < 1.29 is 0 Å². The van der Waals surface area contributed by atoms with Crippen LogP contribution in [0, 0.1) is 5.41 Å². The van der Waals surface area contributed by atoms with Crippen molar-refractivity contribution in [3.8, 4) is 5.69 Å². The van der Waals surface area contributed by atoms with Gasteiger partial charge in [-0.05, 0) is 24.1 Å². The summed E-state index contributed by atoms with van der Waals surface area (Å²) in [5, 5.41) is 18.8. The van der Waals surface area contributed by atoms with Crippen LogP contribution in [0.3, 0.4) is 0 Å². The molecule has 3 aromatic rings. The van der Waals surface area contributed by atoms with Crippen LogP contribution in [-0.2, 0) is 12.8 Å². The molecule has 3 rings (SSSR count). The van der Waals surface area contributed by atoms with Crippen LogP contribution in [0.25, 0.3) is 16.9 Å². The Kier molecular flexibility index (Phi) is 3.06. The molecule has 2 N–H and O–H groups in total. The second kappa shape index (κ2) is 4.88. The van der Waals surface area contributed by atoms with Gasteiger partial charge in [-0.25, -0.2) is 4.98 Å². The van der Waals surface area contributed by atoms with Crippen molar-refractivity contribution in [3.63, 3.8) is 0 Å². The highest BCUT2D eigenvalue weighted by Gasteiger charge is 2.11. The van der Waals surface area contributed by atoms with Crippen molar-refractivity contribution in [1.29, 1.82) is 5.41 Å². The number of hydrogen-bond donors (Lipinski definition) is 2. The zero-order valence-corrected chi connectivity index (χ0v) is 11.5. The fourth-order valence-corrected chi connectivity index (χ4v) is 2.27. The minimum atomic E-state index is 0.310. The molecule has 2 heterocycles. The van der Waals surface area contributed by atoms with Gasteiger partial charge < -0.3 is 0 Å². The lowest BCUT2D eigenvalue weighted by molar-refractivity contribution is 0.803. The average molecular weight is 268 g/mol. The van der Waals surface area contributed by atoms with E-state index in [1.54, 1.807) is 0 Å². The summed E-state index contributed by atoms with van der Waals surface area (Å²) in [6.45, 7) is 4.14. The Morgan fingerprint density at radius 2 is 1.85 bits per heavy atom. The quantitative estimate of drug-likeness (QED) is 0.759. The van der Waals surface area contributed by atoms with Crippen LogP contribution < -0.4 is 5.49 Å². The van der Waals surface area contributed by atoms with Crippen LogP contribution in [-0.4, -0.2) is 25.0 Å². The molecule has 2 aromatic heterocycles. The van der Waals surface area contributed by atoms with Crippen LogP contribution in [0.1, 0.15) is 25.2 Å². The molecule has 0 radical (unpaired) electrons. The first-order chi connectivity index (χ1) is 9.74. The van der Waals surface area contributed by atoms with Crippen molar-refractivity contribution >= 4 is 11.2 Å². The zero-order valence-electron chi connectivity index (χ0n) is 11.5. The van der Waals surface area contributed by atoms with Gasteiger partial charge in [-0.15, -0.1) is 5.10 Å². The molecule has 0 atom stereocenters. The molecule has 1 aromatic carbocycles. The number of aromatic nitrogens is 5. The molecule has 6 heteroatoms. The maximum atomic E-state index is 8.34. The topological polar surface area (TPSA) is 83.2 Å². The fraction of sp³-hybridized carbons (Fsp3) is 0.286. The molecule has 0 aliphatic carbocycles. The van der Waals surface area contributed by atoms with E-state index in [1.807, 2.05) is 23.6 Å². The van der Waals surface area contributed by atoms with E-state index in [0.717, 1.165) is 24.4 Å². The van der Waals surface area contributed by atoms with Crippen molar-refractivity contribution in [1.82, 2.24) is 25.0 Å². The maximum absolute atomic E-state index is 8.34. The van der Waals surface area contributed by atoms with Crippen LogP contribution in [0.4, 0.5) is 0 Å². The summed E-state index contributed by atoms with van der Waals surface area (Å²) >= 11 is 0. The molecule has 102 valence electrons. The van der Waals surface area contributed by atoms with Gasteiger partial charge in [0.2, 0.25) is 5.65 Å². The number of nitrogens with one attached hydrogen (secondary N) is 2. The Morgan fingerprint density at radius 3 is 2.50 bits per heavy atom. The van der Waals surface area contributed by atoms with Gasteiger partial charge in [0.05, 0.1) is 0 Å². The molecular weight excluding hydrogens is 252 g/mol. The minimum absolute atomic E-state index is 0.310. The highest BCUT2D eigenvalue weighted by molar-refractivity contribution is 5.67. The first-order valence-electron chi connectivity index (χ1n) is 6.71. The van der Waals surface area contributed by atoms with Gasteiger partial charge in [-0.1, -0.05) is 26.0 Å². The first kappa shape index (κ1) is 12.5. The van der Waals surface area contributed by atoms with Crippen molar-refractivity contribution in [3.05, 3.63) is 41.1 Å². The van der Waals surface area contributed by atoms with Gasteiger partial charge in [0.25, 0.3) is 0 Å². The highest BCUT2D eigenvalue weighted by atomic mass is 15.3. The Bertz CT molecular complexity index is 797. The Hall–Kier alpha value is -2.50. The Balaban J connectivity index is 2.27. The lowest BCUT2D eigenvalue weighted by atomic mass is 10.1. The minimum Gasteiger partial charge on any atom is -0.282 e. The molecule has 0 amide bonds. The lowest BCUT2D eigenvalue weighted by Crippen LogP contribution is -2.24. The van der Waals surface area contributed by atoms with Gasteiger partial charge in [0, 0.05) is 12.1 Å². The van der Waals surface area contributed by atoms with E-state index >= 15 is 0 Å². The van der Waals surface area contributed by atoms with Gasteiger partial charge in [0.1, 0.15) is 5.82 Å². The summed E-state index contributed by atoms with van der Waals surface area (Å²) in [6.07, 6.45) is 1.73. The molecule has 0 saturated carbocycles. The molecule has 0 spiro atoms. The largest absolute Gasteiger partial charge is 0.282 e. The zero-order chi connectivity index (χ0) is 14.1. The number of hydrogen-bond acceptors (Lipinski definition) is 4. The molecule has 0 unspecified atom stereocenters. The summed E-state index contributed by atoms with van der Waals surface area (Å²) < 4.78 is 1.82. The van der Waals surface area contributed by atoms with E-state index in [2.05, 4.69) is 39.5 Å². The van der Waals surface area contributed by atoms with Crippen molar-refractivity contribution in [2.24, 2.45) is 0 Å². The summed E-state index contributed by atoms with van der Waals surface area (Å²) in [7, 11) is 0. The number of rotatable bonds is 3. The molecule has 0 saturated heterocycles. The first-order valence-corrected chi connectivity index (χ1v) is 6.71. The SMILES string of the molecule is CCc1ccc(-n2c(CC)nc3n[nH]nc3c2=N)cc1. The Morgan fingerprint density at radius 1 is 1.10 bits per heavy atom. The van der Waals surface area contributed by atoms with E-state index in [1.165, 1.54) is 5.56 Å². The fourth-order valence-electron chi connectivity index (χ4n) is 2.27. The summed E-state index contributed by atoms with van der Waals surface area (Å²) in [5.41, 5.74) is 3.50. The highest BCUT2D eigenvalue weighted by Crippen LogP contribution is 2.12. The van der Waals surface area contributed by atoms with Crippen LogP contribution in [0.15, 0.2) is 24.3 Å². The third-order valence-corrected chi connectivity index (χ3v) is 3.39. The standard InChI is InChI=1S/C14H16N6/c1-3-9-5-7-10(8-6-9)20-11(4-2)16-14-12(13(20)15)17-19-18-14/h5-8,15H,3-4H2,1-2H3,(H,17,18,19). The lowest BCUT2D eigenvalue weighted by Gasteiger charge is -2.12.